The Balaban J connectivity index is 1.54. The number of nitrogens with zero attached hydrogens (tertiary/aromatic N) is 1. The minimum atomic E-state index is -0.930. The Labute approximate surface area is 188 Å². The molecule has 1 spiro atoms. The largest absolute Gasteiger partial charge is 0.352 e. The van der Waals surface area contributed by atoms with Crippen LogP contribution in [0.15, 0.2) is 84.9 Å². The quantitative estimate of drug-likeness (QED) is 0.669. The molecule has 32 heavy (non-hydrogen) atoms. The molecule has 0 bridgehead atoms. The summed E-state index contributed by atoms with van der Waals surface area (Å²) in [7, 11) is 1.81. The maximum Gasteiger partial charge on any atom is 0.252 e. The van der Waals surface area contributed by atoms with Crippen LogP contribution in [0.2, 0.25) is 0 Å². The molecule has 5 rings (SSSR count). The van der Waals surface area contributed by atoms with Gasteiger partial charge in [0.15, 0.2) is 0 Å². The highest BCUT2D eigenvalue weighted by atomic mass is 16.2. The van der Waals surface area contributed by atoms with Gasteiger partial charge in [-0.2, -0.15) is 0 Å². The number of carbonyl (C=O) groups excluding carboxylic acids is 2. The fourth-order valence-corrected chi connectivity index (χ4v) is 5.43. The molecule has 1 saturated heterocycles. The summed E-state index contributed by atoms with van der Waals surface area (Å²) in [5, 5.41) is 6.77. The molecule has 0 aromatic heterocycles. The molecule has 0 saturated carbocycles. The second-order valence-corrected chi connectivity index (χ2v) is 8.74. The molecule has 5 nitrogen and oxygen atoms in total. The fraction of sp³-hybridized carbons (Fsp3) is 0.259. The molecular formula is C27H27N3O2. The minimum Gasteiger partial charge on any atom is -0.352 e. The monoisotopic (exact) mass is 425 g/mol. The molecule has 5 heteroatoms. The molecule has 4 atom stereocenters. The third-order valence-electron chi connectivity index (χ3n) is 7.07. The zero-order chi connectivity index (χ0) is 22.3. The first-order chi connectivity index (χ1) is 15.5. The second kappa shape index (κ2) is 7.92. The number of hydrogen-bond donors (Lipinski definition) is 2. The third-order valence-corrected chi connectivity index (χ3v) is 7.07. The van der Waals surface area contributed by atoms with Crippen LogP contribution < -0.4 is 15.5 Å². The molecule has 162 valence electrons. The Morgan fingerprint density at radius 1 is 0.969 bits per heavy atom. The molecule has 0 aliphatic carbocycles. The Hall–Kier alpha value is -3.44. The van der Waals surface area contributed by atoms with Crippen LogP contribution in [-0.2, 0) is 21.7 Å². The maximum absolute atomic E-state index is 13.7. The maximum atomic E-state index is 13.7. The van der Waals surface area contributed by atoms with Gasteiger partial charge in [-0.3, -0.25) is 14.9 Å². The van der Waals surface area contributed by atoms with Gasteiger partial charge >= 0.3 is 0 Å². The summed E-state index contributed by atoms with van der Waals surface area (Å²) in [6.07, 6.45) is 0. The molecule has 0 unspecified atom stereocenters. The number of anilines is 1. The molecule has 1 fully saturated rings. The predicted molar refractivity (Wildman–Crippen MR) is 125 cm³/mol. The van der Waals surface area contributed by atoms with Gasteiger partial charge in [-0.15, -0.1) is 0 Å². The number of benzene rings is 3. The van der Waals surface area contributed by atoms with Crippen LogP contribution in [-0.4, -0.2) is 18.9 Å². The zero-order valence-electron chi connectivity index (χ0n) is 18.3. The molecule has 2 aliphatic rings. The van der Waals surface area contributed by atoms with Gasteiger partial charge in [0.25, 0.3) is 5.91 Å². The molecule has 2 aliphatic heterocycles. The number of nitrogens with one attached hydrogen (secondary N) is 2. The van der Waals surface area contributed by atoms with Crippen molar-refractivity contribution < 1.29 is 9.59 Å². The Bertz CT molecular complexity index is 1150. The van der Waals surface area contributed by atoms with Crippen molar-refractivity contribution in [2.75, 3.05) is 11.9 Å². The van der Waals surface area contributed by atoms with Crippen molar-refractivity contribution in [3.8, 4) is 0 Å². The summed E-state index contributed by atoms with van der Waals surface area (Å²) in [6.45, 7) is 2.48. The second-order valence-electron chi connectivity index (χ2n) is 8.74. The van der Waals surface area contributed by atoms with E-state index in [1.54, 1.807) is 4.90 Å². The zero-order valence-corrected chi connectivity index (χ0v) is 18.3. The lowest BCUT2D eigenvalue weighted by atomic mass is 9.75. The number of hydrogen-bond acceptors (Lipinski definition) is 3. The van der Waals surface area contributed by atoms with Gasteiger partial charge in [-0.1, -0.05) is 85.8 Å². The predicted octanol–water partition coefficient (Wildman–Crippen LogP) is 3.77. The van der Waals surface area contributed by atoms with Crippen LogP contribution in [0.1, 0.15) is 29.7 Å². The van der Waals surface area contributed by atoms with Crippen LogP contribution in [0.3, 0.4) is 0 Å². The SMILES string of the molecule is C[C@H]1[C@H](C(=O)NCc2ccccc2)[C@H](c2ccccc2)N[C@@]12C(=O)N(C)c1ccccc12. The van der Waals surface area contributed by atoms with E-state index in [1.807, 2.05) is 98.9 Å². The Morgan fingerprint density at radius 2 is 1.59 bits per heavy atom. The average Bonchev–Trinajstić information content (AvgIpc) is 3.27. The van der Waals surface area contributed by atoms with Gasteiger partial charge in [0, 0.05) is 36.8 Å². The molecule has 2 N–H and O–H groups in total. The van der Waals surface area contributed by atoms with Crippen molar-refractivity contribution in [2.45, 2.75) is 25.0 Å². The van der Waals surface area contributed by atoms with Crippen LogP contribution in [0.4, 0.5) is 5.69 Å². The highest BCUT2D eigenvalue weighted by Crippen LogP contribution is 2.54. The number of carbonyl (C=O) groups is 2. The van der Waals surface area contributed by atoms with E-state index in [1.165, 1.54) is 0 Å². The molecule has 0 radical (unpaired) electrons. The van der Waals surface area contributed by atoms with E-state index in [0.717, 1.165) is 22.4 Å². The number of amides is 2. The third kappa shape index (κ3) is 3.04. The van der Waals surface area contributed by atoms with E-state index in [9.17, 15) is 9.59 Å². The van der Waals surface area contributed by atoms with Crippen LogP contribution in [0, 0.1) is 11.8 Å². The van der Waals surface area contributed by atoms with Gasteiger partial charge in [-0.05, 0) is 17.2 Å². The Morgan fingerprint density at radius 3 is 2.31 bits per heavy atom. The van der Waals surface area contributed by atoms with Crippen molar-refractivity contribution in [3.05, 3.63) is 102 Å². The molecule has 2 heterocycles. The van der Waals surface area contributed by atoms with Crippen molar-refractivity contribution in [2.24, 2.45) is 11.8 Å². The first-order valence-electron chi connectivity index (χ1n) is 11.1. The normalized spacial score (nSPS) is 26.4. The van der Waals surface area contributed by atoms with Crippen molar-refractivity contribution in [1.82, 2.24) is 10.6 Å². The summed E-state index contributed by atoms with van der Waals surface area (Å²) < 4.78 is 0. The number of para-hydroxylation sites is 1. The lowest BCUT2D eigenvalue weighted by molar-refractivity contribution is -0.128. The molecule has 3 aromatic rings. The summed E-state index contributed by atoms with van der Waals surface area (Å²) in [5.41, 5.74) is 2.97. The van der Waals surface area contributed by atoms with Gasteiger partial charge in [0.1, 0.15) is 5.54 Å². The van der Waals surface area contributed by atoms with E-state index in [4.69, 9.17) is 0 Å². The topological polar surface area (TPSA) is 61.4 Å². The van der Waals surface area contributed by atoms with E-state index in [2.05, 4.69) is 10.6 Å². The van der Waals surface area contributed by atoms with Crippen LogP contribution in [0.5, 0.6) is 0 Å². The van der Waals surface area contributed by atoms with Crippen molar-refractivity contribution in [1.29, 1.82) is 0 Å². The van der Waals surface area contributed by atoms with Crippen molar-refractivity contribution >= 4 is 17.5 Å². The average molecular weight is 426 g/mol. The molecular weight excluding hydrogens is 398 g/mol. The summed E-state index contributed by atoms with van der Waals surface area (Å²) in [6, 6.07) is 27.5. The van der Waals surface area contributed by atoms with Gasteiger partial charge in [0.05, 0.1) is 5.92 Å². The fourth-order valence-electron chi connectivity index (χ4n) is 5.43. The first kappa shape index (κ1) is 20.5. The minimum absolute atomic E-state index is 0.00881. The van der Waals surface area contributed by atoms with Crippen LogP contribution >= 0.6 is 0 Å². The first-order valence-corrected chi connectivity index (χ1v) is 11.1. The standard InChI is InChI=1S/C27H27N3O2/c1-18-23(25(31)28-17-19-11-5-3-6-12-19)24(20-13-7-4-8-14-20)29-27(18)21-15-9-10-16-22(21)30(2)26(27)32/h3-16,18,23-24,29H,17H2,1-2H3,(H,28,31)/t18-,23-,24-,27-/m0/s1. The molecule has 2 amide bonds. The van der Waals surface area contributed by atoms with Crippen LogP contribution in [0.25, 0.3) is 0 Å². The summed E-state index contributed by atoms with van der Waals surface area (Å²) in [4.78, 5) is 28.9. The van der Waals surface area contributed by atoms with Gasteiger partial charge < -0.3 is 10.2 Å². The van der Waals surface area contributed by atoms with E-state index in [-0.39, 0.29) is 23.8 Å². The smallest absolute Gasteiger partial charge is 0.252 e. The summed E-state index contributed by atoms with van der Waals surface area (Å²) in [5.74, 6) is -0.684. The van der Waals surface area contributed by atoms with Gasteiger partial charge in [-0.25, -0.2) is 0 Å². The highest BCUT2D eigenvalue weighted by molar-refractivity contribution is 6.08. The van der Waals surface area contributed by atoms with Gasteiger partial charge in [0.2, 0.25) is 5.91 Å². The lowest BCUT2D eigenvalue weighted by Crippen LogP contribution is -2.50. The number of rotatable bonds is 4. The van der Waals surface area contributed by atoms with E-state index < -0.39 is 11.5 Å². The number of fused-ring (bicyclic) bond motifs is 2. The lowest BCUT2D eigenvalue weighted by Gasteiger charge is -2.29. The highest BCUT2D eigenvalue weighted by Gasteiger charge is 2.63. The Kier molecular flexibility index (Phi) is 5.06. The van der Waals surface area contributed by atoms with Crippen molar-refractivity contribution in [3.63, 3.8) is 0 Å². The summed E-state index contributed by atoms with van der Waals surface area (Å²) >= 11 is 0. The van der Waals surface area contributed by atoms with E-state index in [0.29, 0.717) is 6.54 Å². The molecule has 3 aromatic carbocycles. The van der Waals surface area contributed by atoms with E-state index >= 15 is 0 Å². The number of likely N-dealkylation sites (N-methyl/N-ethyl adjacent to an activating group) is 1.